The van der Waals surface area contributed by atoms with E-state index < -0.39 is 0 Å². The van der Waals surface area contributed by atoms with Gasteiger partial charge in [-0.05, 0) is 44.2 Å². The van der Waals surface area contributed by atoms with Gasteiger partial charge in [0.25, 0.3) is 0 Å². The van der Waals surface area contributed by atoms with Crippen LogP contribution in [0.1, 0.15) is 42.5 Å². The van der Waals surface area contributed by atoms with Gasteiger partial charge in [0.15, 0.2) is 0 Å². The number of aryl methyl sites for hydroxylation is 2. The first-order valence-electron chi connectivity index (χ1n) is 9.11. The number of aromatic nitrogens is 3. The smallest absolute Gasteiger partial charge is 0.236 e. The number of carbonyl (C=O) groups is 1. The minimum atomic E-state index is -0.256. The number of amides is 1. The number of nitrogens with zero attached hydrogens (tertiary/aromatic N) is 3. The van der Waals surface area contributed by atoms with Gasteiger partial charge < -0.3 is 9.88 Å². The van der Waals surface area contributed by atoms with Crippen molar-refractivity contribution in [1.29, 1.82) is 0 Å². The van der Waals surface area contributed by atoms with Crippen LogP contribution in [0, 0.1) is 6.92 Å². The summed E-state index contributed by atoms with van der Waals surface area (Å²) in [5.41, 5.74) is 2.54. The molecule has 0 unspecified atom stereocenters. The van der Waals surface area contributed by atoms with Crippen LogP contribution in [0.25, 0.3) is 0 Å². The van der Waals surface area contributed by atoms with Crippen LogP contribution in [0.4, 0.5) is 0 Å². The second-order valence-electron chi connectivity index (χ2n) is 6.71. The number of hydrogen-bond acceptors (Lipinski definition) is 4. The normalized spacial score (nSPS) is 14.8. The van der Waals surface area contributed by atoms with E-state index in [1.54, 1.807) is 0 Å². The van der Waals surface area contributed by atoms with Crippen molar-refractivity contribution in [3.63, 3.8) is 0 Å². The standard InChI is InChI=1S/C19H27N5O/c1-14-7-3-4-8-16(14)10-11-20-19(25)15(2)21-13-18-23-22-17-9-5-6-12-24(17)18/h3-4,7-8,15,21H,5-6,9-13H2,1-2H3,(H,20,25)/t15-/m1/s1. The highest BCUT2D eigenvalue weighted by molar-refractivity contribution is 5.81. The van der Waals surface area contributed by atoms with Crippen LogP contribution >= 0.6 is 0 Å². The first kappa shape index (κ1) is 17.6. The van der Waals surface area contributed by atoms with Gasteiger partial charge in [-0.15, -0.1) is 10.2 Å². The number of nitrogens with one attached hydrogen (secondary N) is 2. The molecule has 2 N–H and O–H groups in total. The number of hydrogen-bond donors (Lipinski definition) is 2. The predicted octanol–water partition coefficient (Wildman–Crippen LogP) is 1.76. The quantitative estimate of drug-likeness (QED) is 0.805. The molecule has 0 saturated carbocycles. The van der Waals surface area contributed by atoms with E-state index in [9.17, 15) is 4.79 Å². The molecule has 1 amide bonds. The first-order valence-corrected chi connectivity index (χ1v) is 9.11. The van der Waals surface area contributed by atoms with Gasteiger partial charge in [0.2, 0.25) is 5.91 Å². The van der Waals surface area contributed by atoms with Gasteiger partial charge in [-0.25, -0.2) is 0 Å². The van der Waals surface area contributed by atoms with Crippen molar-refractivity contribution in [2.24, 2.45) is 0 Å². The van der Waals surface area contributed by atoms with Crippen LogP contribution in [0.15, 0.2) is 24.3 Å². The van der Waals surface area contributed by atoms with E-state index in [4.69, 9.17) is 0 Å². The lowest BCUT2D eigenvalue weighted by atomic mass is 10.1. The van der Waals surface area contributed by atoms with Crippen molar-refractivity contribution >= 4 is 5.91 Å². The summed E-state index contributed by atoms with van der Waals surface area (Å²) < 4.78 is 2.18. The third kappa shape index (κ3) is 4.45. The molecule has 1 aliphatic rings. The molecular formula is C19H27N5O. The van der Waals surface area contributed by atoms with Gasteiger partial charge in [0, 0.05) is 19.5 Å². The summed E-state index contributed by atoms with van der Waals surface area (Å²) in [5, 5.41) is 14.8. The minimum Gasteiger partial charge on any atom is -0.354 e. The number of fused-ring (bicyclic) bond motifs is 1. The Bertz CT molecular complexity index is 724. The van der Waals surface area contributed by atoms with Crippen molar-refractivity contribution in [2.75, 3.05) is 6.54 Å². The molecule has 0 fully saturated rings. The van der Waals surface area contributed by atoms with Gasteiger partial charge in [0.05, 0.1) is 12.6 Å². The molecular weight excluding hydrogens is 314 g/mol. The maximum Gasteiger partial charge on any atom is 0.236 e. The molecule has 1 atom stereocenters. The first-order chi connectivity index (χ1) is 12.1. The average molecular weight is 341 g/mol. The molecule has 6 heteroatoms. The molecule has 2 aromatic rings. The van der Waals surface area contributed by atoms with Crippen LogP contribution in [-0.2, 0) is 30.7 Å². The van der Waals surface area contributed by atoms with Crippen molar-refractivity contribution < 1.29 is 4.79 Å². The Morgan fingerprint density at radius 3 is 2.96 bits per heavy atom. The molecule has 25 heavy (non-hydrogen) atoms. The second-order valence-corrected chi connectivity index (χ2v) is 6.71. The Hall–Kier alpha value is -2.21. The molecule has 2 heterocycles. The number of carbonyl (C=O) groups excluding carboxylic acids is 1. The zero-order valence-corrected chi connectivity index (χ0v) is 15.1. The summed E-state index contributed by atoms with van der Waals surface area (Å²) in [6.45, 7) is 6.18. The highest BCUT2D eigenvalue weighted by Crippen LogP contribution is 2.14. The molecule has 0 bridgehead atoms. The topological polar surface area (TPSA) is 71.8 Å². The Balaban J connectivity index is 1.43. The SMILES string of the molecule is Cc1ccccc1CCNC(=O)[C@@H](C)NCc1nnc2n1CCCC2. The average Bonchev–Trinajstić information content (AvgIpc) is 3.04. The summed E-state index contributed by atoms with van der Waals surface area (Å²) in [5.74, 6) is 2.01. The van der Waals surface area contributed by atoms with E-state index >= 15 is 0 Å². The van der Waals surface area contributed by atoms with E-state index in [2.05, 4.69) is 44.5 Å². The molecule has 0 radical (unpaired) electrons. The largest absolute Gasteiger partial charge is 0.354 e. The Morgan fingerprint density at radius 1 is 1.28 bits per heavy atom. The minimum absolute atomic E-state index is 0.0203. The molecule has 0 aliphatic carbocycles. The number of benzene rings is 1. The molecule has 0 saturated heterocycles. The van der Waals surface area contributed by atoms with Crippen LogP contribution in [0.3, 0.4) is 0 Å². The van der Waals surface area contributed by atoms with Crippen molar-refractivity contribution in [1.82, 2.24) is 25.4 Å². The highest BCUT2D eigenvalue weighted by atomic mass is 16.2. The van der Waals surface area contributed by atoms with Gasteiger partial charge >= 0.3 is 0 Å². The van der Waals surface area contributed by atoms with Crippen molar-refractivity contribution in [3.8, 4) is 0 Å². The summed E-state index contributed by atoms with van der Waals surface area (Å²) in [7, 11) is 0. The lowest BCUT2D eigenvalue weighted by molar-refractivity contribution is -0.122. The van der Waals surface area contributed by atoms with Gasteiger partial charge in [0.1, 0.15) is 11.6 Å². The summed E-state index contributed by atoms with van der Waals surface area (Å²) in [6, 6.07) is 8.02. The molecule has 1 aromatic heterocycles. The molecule has 3 rings (SSSR count). The Kier molecular flexibility index (Phi) is 5.81. The molecule has 1 aliphatic heterocycles. The fraction of sp³-hybridized carbons (Fsp3) is 0.526. The van der Waals surface area contributed by atoms with Gasteiger partial charge in [-0.2, -0.15) is 0 Å². The number of rotatable bonds is 7. The van der Waals surface area contributed by atoms with Crippen LogP contribution in [0.2, 0.25) is 0 Å². The van der Waals surface area contributed by atoms with Crippen molar-refractivity contribution in [3.05, 3.63) is 47.0 Å². The molecule has 6 nitrogen and oxygen atoms in total. The third-order valence-electron chi connectivity index (χ3n) is 4.85. The Morgan fingerprint density at radius 2 is 2.12 bits per heavy atom. The second kappa shape index (κ2) is 8.25. The maximum absolute atomic E-state index is 12.2. The van der Waals surface area contributed by atoms with E-state index in [1.807, 2.05) is 19.1 Å². The highest BCUT2D eigenvalue weighted by Gasteiger charge is 2.17. The fourth-order valence-electron chi connectivity index (χ4n) is 3.20. The van der Waals surface area contributed by atoms with Crippen molar-refractivity contribution in [2.45, 2.75) is 58.7 Å². The summed E-state index contributed by atoms with van der Waals surface area (Å²) in [4.78, 5) is 12.2. The summed E-state index contributed by atoms with van der Waals surface area (Å²) in [6.07, 6.45) is 4.21. The fourth-order valence-corrected chi connectivity index (χ4v) is 3.20. The van der Waals surface area contributed by atoms with Crippen LogP contribution < -0.4 is 10.6 Å². The zero-order valence-electron chi connectivity index (χ0n) is 15.1. The van der Waals surface area contributed by atoms with Gasteiger partial charge in [-0.1, -0.05) is 24.3 Å². The summed E-state index contributed by atoms with van der Waals surface area (Å²) >= 11 is 0. The zero-order chi connectivity index (χ0) is 17.6. The lowest BCUT2D eigenvalue weighted by Crippen LogP contribution is -2.42. The molecule has 1 aromatic carbocycles. The van der Waals surface area contributed by atoms with E-state index in [1.165, 1.54) is 24.0 Å². The van der Waals surface area contributed by atoms with E-state index in [0.29, 0.717) is 13.1 Å². The molecule has 0 spiro atoms. The van der Waals surface area contributed by atoms with E-state index in [-0.39, 0.29) is 11.9 Å². The van der Waals surface area contributed by atoms with Crippen LogP contribution in [-0.4, -0.2) is 33.3 Å². The third-order valence-corrected chi connectivity index (χ3v) is 4.85. The lowest BCUT2D eigenvalue weighted by Gasteiger charge is -2.17. The maximum atomic E-state index is 12.2. The predicted molar refractivity (Wildman–Crippen MR) is 97.2 cm³/mol. The molecule has 134 valence electrons. The van der Waals surface area contributed by atoms with E-state index in [0.717, 1.165) is 31.0 Å². The van der Waals surface area contributed by atoms with Gasteiger partial charge in [-0.3, -0.25) is 10.1 Å². The Labute approximate surface area is 149 Å². The van der Waals surface area contributed by atoms with Crippen LogP contribution in [0.5, 0.6) is 0 Å². The monoisotopic (exact) mass is 341 g/mol.